The van der Waals surface area contributed by atoms with Gasteiger partial charge in [0, 0.05) is 5.41 Å². The molecule has 5 aliphatic carbocycles. The predicted octanol–water partition coefficient (Wildman–Crippen LogP) is 9.82. The largest absolute Gasteiger partial charge is 0.462 e. The Hall–Kier alpha value is -1.57. The minimum atomic E-state index is -0.0626. The van der Waals surface area contributed by atoms with E-state index in [9.17, 15) is 4.79 Å². The van der Waals surface area contributed by atoms with Gasteiger partial charge >= 0.3 is 5.97 Å². The van der Waals surface area contributed by atoms with Crippen LogP contribution in [0.2, 0.25) is 0 Å². The lowest BCUT2D eigenvalue weighted by atomic mass is 9.33. The van der Waals surface area contributed by atoms with Crippen LogP contribution >= 0.6 is 0 Å². The molecule has 0 spiro atoms. The van der Waals surface area contributed by atoms with E-state index >= 15 is 0 Å². The minimum absolute atomic E-state index is 0.00989. The summed E-state index contributed by atoms with van der Waals surface area (Å²) in [5.41, 5.74) is 4.33. The molecule has 1 aromatic carbocycles. The highest BCUT2D eigenvalue weighted by Gasteiger charge is 2.68. The summed E-state index contributed by atoms with van der Waals surface area (Å²) in [7, 11) is 0. The van der Waals surface area contributed by atoms with Gasteiger partial charge in [0.1, 0.15) is 6.10 Å². The van der Waals surface area contributed by atoms with E-state index in [1.54, 1.807) is 0 Å². The van der Waals surface area contributed by atoms with Crippen LogP contribution in [0.4, 0.5) is 0 Å². The number of carbonyl (C=O) groups excluding carboxylic acids is 1. The zero-order chi connectivity index (χ0) is 28.7. The summed E-state index contributed by atoms with van der Waals surface area (Å²) in [5.74, 6) is 3.61. The van der Waals surface area contributed by atoms with E-state index < -0.39 is 0 Å². The standard InChI is InChI=1S/C38H56O2/c1-25-16-19-35(5)22-23-37(7)28(33(35)26(25)2)14-15-30-36(6)20-18-31(34(3,4)29(36)17-21-38(30,37)8)40-32(39)24-27-12-10-9-11-13-27/h9-14,25-26,29-31,33H,15-24H2,1-8H3/t25-,26+,29?,30?,31+,33?,35-,36+,37-,38-/m1/s1. The highest BCUT2D eigenvalue weighted by molar-refractivity contribution is 5.72. The Morgan fingerprint density at radius 3 is 2.30 bits per heavy atom. The summed E-state index contributed by atoms with van der Waals surface area (Å²) in [6.07, 6.45) is 14.8. The molecule has 3 unspecified atom stereocenters. The predicted molar refractivity (Wildman–Crippen MR) is 165 cm³/mol. The Kier molecular flexibility index (Phi) is 6.76. The van der Waals surface area contributed by atoms with Crippen LogP contribution in [0.1, 0.15) is 119 Å². The Balaban J connectivity index is 1.27. The van der Waals surface area contributed by atoms with Gasteiger partial charge in [0.15, 0.2) is 0 Å². The summed E-state index contributed by atoms with van der Waals surface area (Å²) < 4.78 is 6.31. The van der Waals surface area contributed by atoms with E-state index in [1.165, 1.54) is 51.4 Å². The quantitative estimate of drug-likeness (QED) is 0.280. The van der Waals surface area contributed by atoms with E-state index in [2.05, 4.69) is 61.5 Å². The molecule has 0 aromatic heterocycles. The van der Waals surface area contributed by atoms with Gasteiger partial charge in [-0.15, -0.1) is 0 Å². The third-order valence-corrected chi connectivity index (χ3v) is 14.8. The normalized spacial score (nSPS) is 47.5. The summed E-state index contributed by atoms with van der Waals surface area (Å²) in [6.45, 7) is 20.6. The van der Waals surface area contributed by atoms with Crippen LogP contribution < -0.4 is 0 Å². The third kappa shape index (κ3) is 3.96. The van der Waals surface area contributed by atoms with Crippen molar-refractivity contribution in [1.29, 1.82) is 0 Å². The molecule has 40 heavy (non-hydrogen) atoms. The Bertz CT molecular complexity index is 1170. The van der Waals surface area contributed by atoms with Crippen molar-refractivity contribution in [2.45, 2.75) is 126 Å². The van der Waals surface area contributed by atoms with E-state index in [-0.39, 0.29) is 22.9 Å². The zero-order valence-corrected chi connectivity index (χ0v) is 26.8. The van der Waals surface area contributed by atoms with Crippen LogP contribution in [0.3, 0.4) is 0 Å². The van der Waals surface area contributed by atoms with Crippen LogP contribution in [0.25, 0.3) is 0 Å². The number of carbonyl (C=O) groups is 1. The van der Waals surface area contributed by atoms with Gasteiger partial charge in [0.05, 0.1) is 6.42 Å². The lowest BCUT2D eigenvalue weighted by Gasteiger charge is -2.71. The molecule has 2 heteroatoms. The van der Waals surface area contributed by atoms with Gasteiger partial charge in [-0.2, -0.15) is 0 Å². The first-order valence-corrected chi connectivity index (χ1v) is 16.7. The number of benzene rings is 1. The molecule has 2 nitrogen and oxygen atoms in total. The summed E-state index contributed by atoms with van der Waals surface area (Å²) >= 11 is 0. The molecule has 6 rings (SSSR count). The number of allylic oxidation sites excluding steroid dienone is 2. The fourth-order valence-electron chi connectivity index (χ4n) is 12.0. The Labute approximate surface area is 245 Å². The second kappa shape index (κ2) is 9.47. The van der Waals surface area contributed by atoms with Gasteiger partial charge in [-0.3, -0.25) is 4.79 Å². The number of esters is 1. The van der Waals surface area contributed by atoms with Gasteiger partial charge in [-0.1, -0.05) is 97.4 Å². The van der Waals surface area contributed by atoms with Crippen molar-refractivity contribution in [3.8, 4) is 0 Å². The number of rotatable bonds is 3. The molecule has 4 fully saturated rings. The van der Waals surface area contributed by atoms with Crippen LogP contribution in [-0.4, -0.2) is 12.1 Å². The second-order valence-electron chi connectivity index (χ2n) is 16.8. The smallest absolute Gasteiger partial charge is 0.310 e. The van der Waals surface area contributed by atoms with Crippen molar-refractivity contribution in [2.75, 3.05) is 0 Å². The number of ether oxygens (including phenoxy) is 1. The lowest BCUT2D eigenvalue weighted by Crippen LogP contribution is -2.65. The summed E-state index contributed by atoms with van der Waals surface area (Å²) in [6, 6.07) is 10.1. The van der Waals surface area contributed by atoms with E-state index in [1.807, 2.05) is 35.9 Å². The van der Waals surface area contributed by atoms with Gasteiger partial charge in [0.25, 0.3) is 0 Å². The molecule has 0 heterocycles. The summed E-state index contributed by atoms with van der Waals surface area (Å²) in [4.78, 5) is 13.0. The molecule has 1 aromatic rings. The first kappa shape index (κ1) is 28.5. The maximum Gasteiger partial charge on any atom is 0.310 e. The molecule has 0 saturated heterocycles. The first-order chi connectivity index (χ1) is 18.8. The highest BCUT2D eigenvalue weighted by Crippen LogP contribution is 2.75. The Morgan fingerprint density at radius 1 is 0.850 bits per heavy atom. The number of fused-ring (bicyclic) bond motifs is 7. The molecule has 220 valence electrons. The maximum absolute atomic E-state index is 13.0. The van der Waals surface area contributed by atoms with Gasteiger partial charge in [0.2, 0.25) is 0 Å². The molecular weight excluding hydrogens is 488 g/mol. The minimum Gasteiger partial charge on any atom is -0.462 e. The molecule has 0 aliphatic heterocycles. The summed E-state index contributed by atoms with van der Waals surface area (Å²) in [5, 5.41) is 0. The van der Waals surface area contributed by atoms with Crippen molar-refractivity contribution < 1.29 is 9.53 Å². The fraction of sp³-hybridized carbons (Fsp3) is 0.763. The number of hydrogen-bond acceptors (Lipinski definition) is 2. The number of hydrogen-bond donors (Lipinski definition) is 0. The van der Waals surface area contributed by atoms with Gasteiger partial charge in [-0.05, 0) is 115 Å². The molecule has 0 radical (unpaired) electrons. The average molecular weight is 545 g/mol. The van der Waals surface area contributed by atoms with E-state index in [4.69, 9.17) is 4.74 Å². The first-order valence-electron chi connectivity index (χ1n) is 16.7. The fourth-order valence-corrected chi connectivity index (χ4v) is 12.0. The van der Waals surface area contributed by atoms with Crippen LogP contribution in [0, 0.1) is 56.7 Å². The SMILES string of the molecule is C[C@@H]1CC[C@]2(C)CC[C@]3(C)C(=CCC4[C@@]5(C)CC[C@H](OC(=O)Cc6ccccc6)C(C)(C)C5CC[C@]43C)C2[C@H]1C. The zero-order valence-electron chi connectivity index (χ0n) is 26.8. The van der Waals surface area contributed by atoms with E-state index in [0.29, 0.717) is 34.5 Å². The van der Waals surface area contributed by atoms with E-state index in [0.717, 1.165) is 29.7 Å². The van der Waals surface area contributed by atoms with Crippen molar-refractivity contribution in [1.82, 2.24) is 0 Å². The third-order valence-electron chi connectivity index (χ3n) is 14.8. The second-order valence-corrected chi connectivity index (χ2v) is 16.8. The van der Waals surface area contributed by atoms with Gasteiger partial charge in [-0.25, -0.2) is 0 Å². The van der Waals surface area contributed by atoms with Crippen molar-refractivity contribution in [3.63, 3.8) is 0 Å². The van der Waals surface area contributed by atoms with Crippen LogP contribution in [-0.2, 0) is 16.0 Å². The molecule has 5 aliphatic rings. The molecule has 10 atom stereocenters. The molecule has 0 bridgehead atoms. The molecular formula is C38H56O2. The van der Waals surface area contributed by atoms with Gasteiger partial charge < -0.3 is 4.74 Å². The molecule has 0 amide bonds. The lowest BCUT2D eigenvalue weighted by molar-refractivity contribution is -0.213. The van der Waals surface area contributed by atoms with Crippen molar-refractivity contribution in [2.24, 2.45) is 56.7 Å². The highest BCUT2D eigenvalue weighted by atomic mass is 16.5. The average Bonchev–Trinajstić information content (AvgIpc) is 2.89. The molecule has 0 N–H and O–H groups in total. The van der Waals surface area contributed by atoms with Crippen molar-refractivity contribution in [3.05, 3.63) is 47.5 Å². The monoisotopic (exact) mass is 544 g/mol. The topological polar surface area (TPSA) is 26.3 Å². The van der Waals surface area contributed by atoms with Crippen LogP contribution in [0.15, 0.2) is 42.0 Å². The maximum atomic E-state index is 13.0. The molecule has 4 saturated carbocycles. The Morgan fingerprint density at radius 2 is 1.57 bits per heavy atom. The van der Waals surface area contributed by atoms with Crippen molar-refractivity contribution >= 4 is 5.97 Å². The van der Waals surface area contributed by atoms with Crippen LogP contribution in [0.5, 0.6) is 0 Å².